The summed E-state index contributed by atoms with van der Waals surface area (Å²) in [5.41, 5.74) is 0.382. The largest absolute Gasteiger partial charge is 0.456 e. The van der Waals surface area contributed by atoms with Crippen molar-refractivity contribution in [3.63, 3.8) is 0 Å². The molecule has 2 atom stereocenters. The average Bonchev–Trinajstić information content (AvgIpc) is 2.81. The van der Waals surface area contributed by atoms with E-state index < -0.39 is 42.5 Å². The number of rotatable bonds is 9. The number of carbonyl (C=O) groups is 2. The van der Waals surface area contributed by atoms with Crippen molar-refractivity contribution in [1.29, 1.82) is 0 Å². The van der Waals surface area contributed by atoms with E-state index in [1.807, 2.05) is 5.32 Å². The van der Waals surface area contributed by atoms with Gasteiger partial charge in [0.15, 0.2) is 0 Å². The first-order chi connectivity index (χ1) is 16.0. The van der Waals surface area contributed by atoms with Gasteiger partial charge >= 0.3 is 12.1 Å². The third-order valence-corrected chi connectivity index (χ3v) is 4.50. The van der Waals surface area contributed by atoms with Crippen LogP contribution < -0.4 is 10.6 Å². The van der Waals surface area contributed by atoms with Crippen LogP contribution in [0.1, 0.15) is 40.5 Å². The van der Waals surface area contributed by atoms with E-state index in [1.54, 1.807) is 43.3 Å². The Morgan fingerprint density at radius 1 is 0.882 bits per heavy atom. The molecule has 188 valence electrons. The Morgan fingerprint density at radius 2 is 1.32 bits per heavy atom. The van der Waals surface area contributed by atoms with E-state index in [4.69, 9.17) is 5.11 Å². The summed E-state index contributed by atoms with van der Waals surface area (Å²) in [7, 11) is 0. The second-order valence-corrected chi connectivity index (χ2v) is 7.09. The molecule has 0 saturated heterocycles. The number of aliphatic hydroxyl groups is 2. The van der Waals surface area contributed by atoms with E-state index >= 15 is 0 Å². The van der Waals surface area contributed by atoms with Crippen molar-refractivity contribution >= 4 is 11.8 Å². The molecular formula is C23H27F5N2O4. The number of hydrogen-bond donors (Lipinski definition) is 4. The molecule has 0 radical (unpaired) electrons. The highest BCUT2D eigenvalue weighted by molar-refractivity contribution is 5.94. The maximum absolute atomic E-state index is 13.7. The SMILES string of the molecule is CCO.O=C(NCCCC(NC(=O)c1ccccc1)C(O)C(F)(F)C(F)(F)F)c1ccccc1. The van der Waals surface area contributed by atoms with Crippen molar-refractivity contribution in [1.82, 2.24) is 10.6 Å². The number of benzene rings is 2. The van der Waals surface area contributed by atoms with Gasteiger partial charge in [-0.15, -0.1) is 0 Å². The Hall–Kier alpha value is -3.05. The number of halogens is 5. The zero-order valence-electron chi connectivity index (χ0n) is 18.4. The topological polar surface area (TPSA) is 98.7 Å². The van der Waals surface area contributed by atoms with E-state index in [2.05, 4.69) is 5.32 Å². The van der Waals surface area contributed by atoms with Gasteiger partial charge in [-0.3, -0.25) is 9.59 Å². The Balaban J connectivity index is 0.00000182. The molecule has 2 amide bonds. The molecule has 0 aromatic heterocycles. The number of aliphatic hydroxyl groups excluding tert-OH is 2. The quantitative estimate of drug-likeness (QED) is 0.319. The van der Waals surface area contributed by atoms with Crippen LogP contribution in [-0.4, -0.2) is 59.4 Å². The first kappa shape index (κ1) is 29.0. The van der Waals surface area contributed by atoms with Crippen LogP contribution in [0.4, 0.5) is 22.0 Å². The summed E-state index contributed by atoms with van der Waals surface area (Å²) in [6.07, 6.45) is -9.70. The van der Waals surface area contributed by atoms with Gasteiger partial charge in [0, 0.05) is 24.3 Å². The van der Waals surface area contributed by atoms with Crippen LogP contribution >= 0.6 is 0 Å². The Morgan fingerprint density at radius 3 is 1.76 bits per heavy atom. The van der Waals surface area contributed by atoms with Crippen LogP contribution in [-0.2, 0) is 0 Å². The monoisotopic (exact) mass is 490 g/mol. The molecular weight excluding hydrogens is 463 g/mol. The molecule has 6 nitrogen and oxygen atoms in total. The molecule has 2 aromatic rings. The molecule has 0 fully saturated rings. The molecule has 0 aliphatic rings. The zero-order valence-corrected chi connectivity index (χ0v) is 18.4. The highest BCUT2D eigenvalue weighted by atomic mass is 19.4. The van der Waals surface area contributed by atoms with Crippen LogP contribution in [0.3, 0.4) is 0 Å². The Labute approximate surface area is 193 Å². The zero-order chi connectivity index (χ0) is 25.8. The molecule has 0 bridgehead atoms. The van der Waals surface area contributed by atoms with Gasteiger partial charge in [-0.25, -0.2) is 0 Å². The van der Waals surface area contributed by atoms with E-state index in [0.29, 0.717) is 5.56 Å². The van der Waals surface area contributed by atoms with Gasteiger partial charge in [-0.1, -0.05) is 36.4 Å². The summed E-state index contributed by atoms with van der Waals surface area (Å²) in [6, 6.07) is 13.4. The van der Waals surface area contributed by atoms with Crippen molar-refractivity contribution in [3.05, 3.63) is 71.8 Å². The molecule has 0 spiro atoms. The molecule has 2 unspecified atom stereocenters. The molecule has 34 heavy (non-hydrogen) atoms. The minimum atomic E-state index is -6.00. The van der Waals surface area contributed by atoms with Crippen LogP contribution in [0, 0.1) is 0 Å². The van der Waals surface area contributed by atoms with E-state index in [1.165, 1.54) is 24.3 Å². The lowest BCUT2D eigenvalue weighted by molar-refractivity contribution is -0.316. The fourth-order valence-corrected chi connectivity index (χ4v) is 2.79. The van der Waals surface area contributed by atoms with Gasteiger partial charge in [-0.2, -0.15) is 22.0 Å². The minimum Gasteiger partial charge on any atom is -0.397 e. The van der Waals surface area contributed by atoms with Crippen LogP contribution in [0.2, 0.25) is 0 Å². The first-order valence-electron chi connectivity index (χ1n) is 10.4. The van der Waals surface area contributed by atoms with E-state index in [-0.39, 0.29) is 25.1 Å². The maximum atomic E-state index is 13.7. The molecule has 2 aromatic carbocycles. The summed E-state index contributed by atoms with van der Waals surface area (Å²) in [5, 5.41) is 21.9. The van der Waals surface area contributed by atoms with Crippen molar-refractivity contribution < 1.29 is 41.8 Å². The van der Waals surface area contributed by atoms with Gasteiger partial charge in [0.1, 0.15) is 6.10 Å². The number of alkyl halides is 5. The summed E-state index contributed by atoms with van der Waals surface area (Å²) >= 11 is 0. The van der Waals surface area contributed by atoms with Gasteiger partial charge in [-0.05, 0) is 44.0 Å². The molecule has 0 aliphatic carbocycles. The van der Waals surface area contributed by atoms with Gasteiger partial charge in [0.2, 0.25) is 0 Å². The third-order valence-electron chi connectivity index (χ3n) is 4.50. The molecule has 0 aliphatic heterocycles. The summed E-state index contributed by atoms with van der Waals surface area (Å²) in [4.78, 5) is 24.2. The second kappa shape index (κ2) is 13.6. The van der Waals surface area contributed by atoms with Gasteiger partial charge in [0.25, 0.3) is 11.8 Å². The lowest BCUT2D eigenvalue weighted by Gasteiger charge is -2.31. The number of nitrogens with one attached hydrogen (secondary N) is 2. The molecule has 0 heterocycles. The summed E-state index contributed by atoms with van der Waals surface area (Å²) in [5.74, 6) is -6.79. The number of amides is 2. The van der Waals surface area contributed by atoms with Crippen LogP contribution in [0.25, 0.3) is 0 Å². The van der Waals surface area contributed by atoms with Crippen molar-refractivity contribution in [2.24, 2.45) is 0 Å². The first-order valence-corrected chi connectivity index (χ1v) is 10.4. The van der Waals surface area contributed by atoms with Crippen molar-refractivity contribution in [3.8, 4) is 0 Å². The smallest absolute Gasteiger partial charge is 0.397 e. The summed E-state index contributed by atoms with van der Waals surface area (Å²) < 4.78 is 65.5. The highest BCUT2D eigenvalue weighted by Gasteiger charge is 2.64. The van der Waals surface area contributed by atoms with Crippen LogP contribution in [0.5, 0.6) is 0 Å². The lowest BCUT2D eigenvalue weighted by Crippen LogP contribution is -2.57. The Bertz CT molecular complexity index is 880. The van der Waals surface area contributed by atoms with Gasteiger partial charge in [0.05, 0.1) is 6.04 Å². The van der Waals surface area contributed by atoms with Crippen molar-refractivity contribution in [2.45, 2.75) is 44.0 Å². The molecule has 0 saturated carbocycles. The minimum absolute atomic E-state index is 0.0346. The predicted octanol–water partition coefficient (Wildman–Crippen LogP) is 3.55. The maximum Gasteiger partial charge on any atom is 0.456 e. The van der Waals surface area contributed by atoms with Crippen LogP contribution in [0.15, 0.2) is 60.7 Å². The Kier molecular flexibility index (Phi) is 11.6. The second-order valence-electron chi connectivity index (χ2n) is 7.09. The standard InChI is InChI=1S/C21H21F5N2O3.C2H6O/c22-20(23,21(24,25)26)17(29)16(28-19(31)15-10-5-2-6-11-15)12-7-13-27-18(30)14-8-3-1-4-9-14;1-2-3/h1-6,8-11,16-17,29H,7,12-13H2,(H,27,30)(H,28,31);3H,2H2,1H3. The van der Waals surface area contributed by atoms with E-state index in [9.17, 15) is 36.6 Å². The normalized spacial score (nSPS) is 13.2. The fourth-order valence-electron chi connectivity index (χ4n) is 2.79. The molecule has 4 N–H and O–H groups in total. The molecule has 11 heteroatoms. The summed E-state index contributed by atoms with van der Waals surface area (Å²) in [6.45, 7) is 1.87. The molecule has 2 rings (SSSR count). The van der Waals surface area contributed by atoms with Crippen molar-refractivity contribution in [2.75, 3.05) is 13.2 Å². The number of carbonyl (C=O) groups excluding carboxylic acids is 2. The highest BCUT2D eigenvalue weighted by Crippen LogP contribution is 2.39. The fraction of sp³-hybridized carbons (Fsp3) is 0.391. The third kappa shape index (κ3) is 8.71. The van der Waals surface area contributed by atoms with Gasteiger partial charge < -0.3 is 20.8 Å². The predicted molar refractivity (Wildman–Crippen MR) is 115 cm³/mol. The average molecular weight is 490 g/mol. The van der Waals surface area contributed by atoms with E-state index in [0.717, 1.165) is 0 Å². The lowest BCUT2D eigenvalue weighted by atomic mass is 9.98. The number of hydrogen-bond acceptors (Lipinski definition) is 4.